The topological polar surface area (TPSA) is 66.9 Å². The second kappa shape index (κ2) is 9.28. The molecule has 154 valence electrons. The fourth-order valence-electron chi connectivity index (χ4n) is 3.20. The summed E-state index contributed by atoms with van der Waals surface area (Å²) in [6, 6.07) is 9.47. The van der Waals surface area contributed by atoms with Crippen molar-refractivity contribution in [3.63, 3.8) is 0 Å². The fraction of sp³-hybridized carbons (Fsp3) is 0.350. The number of thiocarbonyl (C=S) groups is 1. The average molecular weight is 435 g/mol. The Bertz CT molecular complexity index is 917. The predicted octanol–water partition coefficient (Wildman–Crippen LogP) is 3.36. The highest BCUT2D eigenvalue weighted by atomic mass is 35.5. The average Bonchev–Trinajstić information content (AvgIpc) is 2.74. The number of aryl methyl sites for hydroxylation is 1. The number of anilines is 2. The first-order valence-electron chi connectivity index (χ1n) is 9.14. The molecule has 2 heterocycles. The summed E-state index contributed by atoms with van der Waals surface area (Å²) in [5.41, 5.74) is 2.44. The number of ether oxygens (including phenoxy) is 2. The van der Waals surface area contributed by atoms with Crippen LogP contribution in [-0.4, -0.2) is 61.4 Å². The van der Waals surface area contributed by atoms with E-state index in [4.69, 9.17) is 33.3 Å². The predicted molar refractivity (Wildman–Crippen MR) is 118 cm³/mol. The molecule has 2 aromatic rings. The van der Waals surface area contributed by atoms with Crippen LogP contribution in [0.4, 0.5) is 11.4 Å². The molecule has 1 aromatic heterocycles. The van der Waals surface area contributed by atoms with E-state index in [0.717, 1.165) is 36.9 Å². The normalized spacial score (nSPS) is 13.8. The summed E-state index contributed by atoms with van der Waals surface area (Å²) in [7, 11) is 2.86. The molecule has 0 unspecified atom stereocenters. The zero-order valence-electron chi connectivity index (χ0n) is 16.6. The molecule has 1 saturated heterocycles. The third kappa shape index (κ3) is 4.71. The number of carbonyl (C=O) groups is 1. The summed E-state index contributed by atoms with van der Waals surface area (Å²) < 4.78 is 10.2. The molecule has 0 bridgehead atoms. The van der Waals surface area contributed by atoms with Crippen LogP contribution >= 0.6 is 23.8 Å². The molecule has 29 heavy (non-hydrogen) atoms. The molecule has 1 N–H and O–H groups in total. The molecule has 1 aliphatic rings. The van der Waals surface area contributed by atoms with Gasteiger partial charge in [0.1, 0.15) is 5.69 Å². The van der Waals surface area contributed by atoms with Gasteiger partial charge in [0.15, 0.2) is 5.11 Å². The van der Waals surface area contributed by atoms with Crippen LogP contribution in [0.3, 0.4) is 0 Å². The highest BCUT2D eigenvalue weighted by Crippen LogP contribution is 2.28. The lowest BCUT2D eigenvalue weighted by molar-refractivity contribution is 0.0599. The van der Waals surface area contributed by atoms with Gasteiger partial charge < -0.3 is 24.6 Å². The van der Waals surface area contributed by atoms with E-state index in [0.29, 0.717) is 27.9 Å². The minimum atomic E-state index is -0.458. The first-order valence-corrected chi connectivity index (χ1v) is 9.92. The van der Waals surface area contributed by atoms with Crippen LogP contribution in [0.25, 0.3) is 0 Å². The zero-order valence-corrected chi connectivity index (χ0v) is 18.1. The van der Waals surface area contributed by atoms with Crippen LogP contribution in [-0.2, 0) is 4.74 Å². The van der Waals surface area contributed by atoms with Crippen LogP contribution in [0.1, 0.15) is 16.1 Å². The second-order valence-corrected chi connectivity index (χ2v) is 7.32. The van der Waals surface area contributed by atoms with E-state index in [-0.39, 0.29) is 0 Å². The van der Waals surface area contributed by atoms with Crippen molar-refractivity contribution >= 4 is 46.3 Å². The molecule has 0 saturated carbocycles. The molecule has 1 fully saturated rings. The van der Waals surface area contributed by atoms with Crippen LogP contribution in [0.2, 0.25) is 5.02 Å². The Morgan fingerprint density at radius 3 is 2.52 bits per heavy atom. The van der Waals surface area contributed by atoms with Crippen LogP contribution < -0.4 is 15.0 Å². The number of halogens is 1. The van der Waals surface area contributed by atoms with Gasteiger partial charge in [0.05, 0.1) is 36.2 Å². The lowest BCUT2D eigenvalue weighted by Crippen LogP contribution is -2.50. The van der Waals surface area contributed by atoms with Gasteiger partial charge in [-0.1, -0.05) is 23.7 Å². The fourth-order valence-corrected chi connectivity index (χ4v) is 3.75. The number of hydrogen-bond donors (Lipinski definition) is 1. The summed E-state index contributed by atoms with van der Waals surface area (Å²) in [6.07, 6.45) is 0. The molecule has 1 aliphatic heterocycles. The lowest BCUT2D eigenvalue weighted by Gasteiger charge is -2.37. The van der Waals surface area contributed by atoms with Crippen LogP contribution in [0.5, 0.6) is 5.88 Å². The number of nitrogens with zero attached hydrogens (tertiary/aromatic N) is 3. The Hall–Kier alpha value is -2.58. The number of para-hydroxylation sites is 1. The van der Waals surface area contributed by atoms with E-state index in [1.807, 2.05) is 24.3 Å². The molecule has 7 nitrogen and oxygen atoms in total. The van der Waals surface area contributed by atoms with Crippen LogP contribution in [0.15, 0.2) is 30.3 Å². The van der Waals surface area contributed by atoms with Crippen LogP contribution in [0, 0.1) is 6.92 Å². The Kier molecular flexibility index (Phi) is 6.76. The van der Waals surface area contributed by atoms with Crippen molar-refractivity contribution in [3.05, 3.63) is 46.6 Å². The lowest BCUT2D eigenvalue weighted by atomic mass is 10.2. The third-order valence-electron chi connectivity index (χ3n) is 4.78. The Morgan fingerprint density at radius 2 is 1.90 bits per heavy atom. The van der Waals surface area contributed by atoms with Crippen molar-refractivity contribution in [1.29, 1.82) is 0 Å². The van der Waals surface area contributed by atoms with Crippen molar-refractivity contribution in [3.8, 4) is 5.88 Å². The van der Waals surface area contributed by atoms with Crippen molar-refractivity contribution < 1.29 is 14.3 Å². The van der Waals surface area contributed by atoms with E-state index < -0.39 is 5.97 Å². The van der Waals surface area contributed by atoms with E-state index in [1.165, 1.54) is 14.2 Å². The summed E-state index contributed by atoms with van der Waals surface area (Å²) in [5.74, 6) is -0.0906. The van der Waals surface area contributed by atoms with Gasteiger partial charge in [-0.2, -0.15) is 0 Å². The number of rotatable bonds is 4. The quantitative estimate of drug-likeness (QED) is 0.580. The smallest absolute Gasteiger partial charge is 0.339 e. The highest BCUT2D eigenvalue weighted by molar-refractivity contribution is 7.80. The van der Waals surface area contributed by atoms with Gasteiger partial charge in [0.25, 0.3) is 0 Å². The Labute approximate surface area is 180 Å². The number of aromatic nitrogens is 1. The number of carbonyl (C=O) groups excluding carboxylic acids is 1. The van der Waals surface area contributed by atoms with Crippen molar-refractivity contribution in [1.82, 2.24) is 9.88 Å². The largest absolute Gasteiger partial charge is 0.480 e. The minimum absolute atomic E-state index is 0.363. The SMILES string of the molecule is COC(=O)c1cc(NC(=S)N2CCN(c3ccccc3Cl)CC2)c(OC)nc1C. The highest BCUT2D eigenvalue weighted by Gasteiger charge is 2.22. The minimum Gasteiger partial charge on any atom is -0.480 e. The summed E-state index contributed by atoms with van der Waals surface area (Å²) >= 11 is 11.9. The molecule has 1 aromatic carbocycles. The van der Waals surface area contributed by atoms with Gasteiger partial charge in [-0.05, 0) is 37.3 Å². The maximum absolute atomic E-state index is 12.0. The molecule has 0 amide bonds. The maximum Gasteiger partial charge on any atom is 0.339 e. The maximum atomic E-state index is 12.0. The molecule has 9 heteroatoms. The Morgan fingerprint density at radius 1 is 1.21 bits per heavy atom. The zero-order chi connectivity index (χ0) is 21.0. The molecule has 0 aliphatic carbocycles. The van der Waals surface area contributed by atoms with Gasteiger partial charge >= 0.3 is 5.97 Å². The van der Waals surface area contributed by atoms with Gasteiger partial charge in [0.2, 0.25) is 5.88 Å². The van der Waals surface area contributed by atoms with Gasteiger partial charge in [-0.3, -0.25) is 0 Å². The monoisotopic (exact) mass is 434 g/mol. The number of methoxy groups -OCH3 is 2. The number of benzene rings is 1. The third-order valence-corrected chi connectivity index (χ3v) is 5.46. The summed E-state index contributed by atoms with van der Waals surface area (Å²) in [6.45, 7) is 4.79. The molecule has 0 radical (unpaired) electrons. The molecular formula is C20H23ClN4O3S. The number of piperazine rings is 1. The van der Waals surface area contributed by atoms with E-state index in [9.17, 15) is 4.79 Å². The number of pyridine rings is 1. The number of hydrogen-bond acceptors (Lipinski definition) is 6. The summed E-state index contributed by atoms with van der Waals surface area (Å²) in [5, 5.41) is 4.45. The van der Waals surface area contributed by atoms with Crippen molar-refractivity contribution in [2.45, 2.75) is 6.92 Å². The summed E-state index contributed by atoms with van der Waals surface area (Å²) in [4.78, 5) is 20.6. The van der Waals surface area contributed by atoms with Gasteiger partial charge in [-0.15, -0.1) is 0 Å². The van der Waals surface area contributed by atoms with Gasteiger partial charge in [0, 0.05) is 26.2 Å². The van der Waals surface area contributed by atoms with Gasteiger partial charge in [-0.25, -0.2) is 9.78 Å². The Balaban J connectivity index is 1.70. The molecular weight excluding hydrogens is 412 g/mol. The number of nitrogens with one attached hydrogen (secondary N) is 1. The standard InChI is InChI=1S/C20H23ClN4O3S/c1-13-14(19(26)28-3)12-16(18(22-13)27-2)23-20(29)25-10-8-24(9-11-25)17-7-5-4-6-15(17)21/h4-7,12H,8-11H2,1-3H3,(H,23,29). The molecule has 0 atom stereocenters. The van der Waals surface area contributed by atoms with Crippen molar-refractivity contribution in [2.75, 3.05) is 50.6 Å². The van der Waals surface area contributed by atoms with E-state index in [1.54, 1.807) is 13.0 Å². The second-order valence-electron chi connectivity index (χ2n) is 6.53. The molecule has 0 spiro atoms. The van der Waals surface area contributed by atoms with E-state index >= 15 is 0 Å². The first-order chi connectivity index (χ1) is 13.9. The molecule has 3 rings (SSSR count). The van der Waals surface area contributed by atoms with Crippen molar-refractivity contribution in [2.24, 2.45) is 0 Å². The number of esters is 1. The first kappa shape index (κ1) is 21.1. The van der Waals surface area contributed by atoms with E-state index in [2.05, 4.69) is 20.1 Å².